The fourth-order valence-electron chi connectivity index (χ4n) is 3.99. The van der Waals surface area contributed by atoms with Gasteiger partial charge in [0.1, 0.15) is 0 Å². The molecule has 28 heavy (non-hydrogen) atoms. The summed E-state index contributed by atoms with van der Waals surface area (Å²) in [6, 6.07) is 12.9. The Morgan fingerprint density at radius 1 is 1.00 bits per heavy atom. The van der Waals surface area contributed by atoms with Gasteiger partial charge in [-0.25, -0.2) is 13.1 Å². The molecule has 0 aromatic heterocycles. The Morgan fingerprint density at radius 2 is 1.64 bits per heavy atom. The standard InChI is InChI=1S/C22H26N2O3S/c1-15-12-16(2)14-18(13-15)21-4-3-11-24(21)22(25)17-5-9-20(10-6-17)28(26,27)23-19-7-8-19/h5-6,9-10,12-14,19,21,23H,3-4,7-8,11H2,1-2H3. The number of carbonyl (C=O) groups is 1. The van der Waals surface area contributed by atoms with E-state index in [1.54, 1.807) is 12.1 Å². The van der Waals surface area contributed by atoms with E-state index in [0.717, 1.165) is 32.2 Å². The average molecular weight is 399 g/mol. The predicted octanol–water partition coefficient (Wildman–Crippen LogP) is 3.72. The zero-order valence-corrected chi connectivity index (χ0v) is 17.1. The van der Waals surface area contributed by atoms with E-state index < -0.39 is 10.0 Å². The summed E-state index contributed by atoms with van der Waals surface area (Å²) in [5, 5.41) is 0. The van der Waals surface area contributed by atoms with Crippen LogP contribution in [0.4, 0.5) is 0 Å². The fraction of sp³-hybridized carbons (Fsp3) is 0.409. The molecule has 1 atom stereocenters. The van der Waals surface area contributed by atoms with Crippen LogP contribution in [0.1, 0.15) is 58.8 Å². The van der Waals surface area contributed by atoms with Crippen LogP contribution in [0.3, 0.4) is 0 Å². The van der Waals surface area contributed by atoms with E-state index in [0.29, 0.717) is 5.56 Å². The average Bonchev–Trinajstić information content (AvgIpc) is 3.31. The number of likely N-dealkylation sites (tertiary alicyclic amines) is 1. The van der Waals surface area contributed by atoms with E-state index in [1.807, 2.05) is 4.90 Å². The second-order valence-electron chi connectivity index (χ2n) is 8.00. The van der Waals surface area contributed by atoms with Gasteiger partial charge in [-0.2, -0.15) is 0 Å². The number of aryl methyl sites for hydroxylation is 2. The van der Waals surface area contributed by atoms with E-state index in [2.05, 4.69) is 36.8 Å². The predicted molar refractivity (Wildman–Crippen MR) is 109 cm³/mol. The van der Waals surface area contributed by atoms with E-state index in [9.17, 15) is 13.2 Å². The third kappa shape index (κ3) is 3.98. The minimum Gasteiger partial charge on any atom is -0.332 e. The van der Waals surface area contributed by atoms with Gasteiger partial charge in [0.25, 0.3) is 5.91 Å². The van der Waals surface area contributed by atoms with Crippen LogP contribution >= 0.6 is 0 Å². The summed E-state index contributed by atoms with van der Waals surface area (Å²) in [6.07, 6.45) is 3.71. The highest BCUT2D eigenvalue weighted by molar-refractivity contribution is 7.89. The lowest BCUT2D eigenvalue weighted by atomic mass is 9.99. The van der Waals surface area contributed by atoms with Crippen LogP contribution in [-0.2, 0) is 10.0 Å². The molecule has 1 unspecified atom stereocenters. The highest BCUT2D eigenvalue weighted by Crippen LogP contribution is 2.34. The monoisotopic (exact) mass is 398 g/mol. The van der Waals surface area contributed by atoms with Crippen LogP contribution in [0.5, 0.6) is 0 Å². The van der Waals surface area contributed by atoms with Crippen molar-refractivity contribution < 1.29 is 13.2 Å². The molecule has 5 nitrogen and oxygen atoms in total. The number of amides is 1. The van der Waals surface area contributed by atoms with Crippen LogP contribution in [-0.4, -0.2) is 31.8 Å². The van der Waals surface area contributed by atoms with Crippen molar-refractivity contribution in [2.75, 3.05) is 6.54 Å². The van der Waals surface area contributed by atoms with E-state index in [4.69, 9.17) is 0 Å². The van der Waals surface area contributed by atoms with Gasteiger partial charge in [0, 0.05) is 18.2 Å². The lowest BCUT2D eigenvalue weighted by Crippen LogP contribution is -2.30. The highest BCUT2D eigenvalue weighted by atomic mass is 32.2. The molecule has 6 heteroatoms. The first-order valence-electron chi connectivity index (χ1n) is 9.85. The van der Waals surface area contributed by atoms with Crippen LogP contribution in [0.25, 0.3) is 0 Å². The lowest BCUT2D eigenvalue weighted by molar-refractivity contribution is 0.0735. The van der Waals surface area contributed by atoms with E-state index >= 15 is 0 Å². The number of nitrogens with zero attached hydrogens (tertiary/aromatic N) is 1. The zero-order valence-electron chi connectivity index (χ0n) is 16.3. The number of hydrogen-bond acceptors (Lipinski definition) is 3. The van der Waals surface area contributed by atoms with Crippen molar-refractivity contribution in [1.29, 1.82) is 0 Å². The summed E-state index contributed by atoms with van der Waals surface area (Å²) in [6.45, 7) is 4.87. The quantitative estimate of drug-likeness (QED) is 0.835. The summed E-state index contributed by atoms with van der Waals surface area (Å²) in [7, 11) is -3.50. The molecule has 1 aliphatic carbocycles. The Labute approximate surface area is 166 Å². The summed E-state index contributed by atoms with van der Waals surface area (Å²) in [5.74, 6) is -0.0410. The first-order valence-corrected chi connectivity index (χ1v) is 11.3. The van der Waals surface area contributed by atoms with Gasteiger partial charge in [0.2, 0.25) is 10.0 Å². The molecule has 148 valence electrons. The molecule has 1 aliphatic heterocycles. The van der Waals surface area contributed by atoms with Crippen molar-refractivity contribution >= 4 is 15.9 Å². The second kappa shape index (κ2) is 7.33. The SMILES string of the molecule is Cc1cc(C)cc(C2CCCN2C(=O)c2ccc(S(=O)(=O)NC3CC3)cc2)c1. The Hall–Kier alpha value is -2.18. The fourth-order valence-corrected chi connectivity index (χ4v) is 5.29. The normalized spacial score (nSPS) is 19.8. The molecule has 1 amide bonds. The molecular weight excluding hydrogens is 372 g/mol. The topological polar surface area (TPSA) is 66.5 Å². The molecular formula is C22H26N2O3S. The van der Waals surface area contributed by atoms with Gasteiger partial charge in [-0.1, -0.05) is 29.3 Å². The third-order valence-corrected chi connectivity index (χ3v) is 6.99. The third-order valence-electron chi connectivity index (χ3n) is 5.45. The Morgan fingerprint density at radius 3 is 2.25 bits per heavy atom. The minimum absolute atomic E-state index is 0.0410. The molecule has 2 aliphatic rings. The number of benzene rings is 2. The largest absolute Gasteiger partial charge is 0.332 e. The number of hydrogen-bond donors (Lipinski definition) is 1. The van der Waals surface area contributed by atoms with Gasteiger partial charge in [-0.05, 0) is 69.4 Å². The molecule has 1 saturated carbocycles. The van der Waals surface area contributed by atoms with E-state index in [1.165, 1.54) is 28.8 Å². The van der Waals surface area contributed by atoms with Crippen LogP contribution < -0.4 is 4.72 Å². The van der Waals surface area contributed by atoms with Gasteiger partial charge < -0.3 is 4.90 Å². The molecule has 2 aromatic rings. The number of carbonyl (C=O) groups excluding carboxylic acids is 1. The van der Waals surface area contributed by atoms with Crippen LogP contribution in [0.15, 0.2) is 47.4 Å². The maximum atomic E-state index is 13.1. The molecule has 0 spiro atoms. The number of nitrogens with one attached hydrogen (secondary N) is 1. The van der Waals surface area contributed by atoms with Crippen molar-refractivity contribution in [3.63, 3.8) is 0 Å². The molecule has 1 heterocycles. The van der Waals surface area contributed by atoms with Gasteiger partial charge >= 0.3 is 0 Å². The highest BCUT2D eigenvalue weighted by Gasteiger charge is 2.31. The van der Waals surface area contributed by atoms with E-state index in [-0.39, 0.29) is 22.9 Å². The molecule has 0 bridgehead atoms. The van der Waals surface area contributed by atoms with Gasteiger partial charge in [0.05, 0.1) is 10.9 Å². The molecule has 4 rings (SSSR count). The van der Waals surface area contributed by atoms with Gasteiger partial charge in [0.15, 0.2) is 0 Å². The molecule has 0 radical (unpaired) electrons. The Kier molecular flexibility index (Phi) is 5.02. The second-order valence-corrected chi connectivity index (χ2v) is 9.71. The first kappa shape index (κ1) is 19.2. The molecule has 2 fully saturated rings. The maximum absolute atomic E-state index is 13.1. The lowest BCUT2D eigenvalue weighted by Gasteiger charge is -2.26. The van der Waals surface area contributed by atoms with Crippen LogP contribution in [0.2, 0.25) is 0 Å². The summed E-state index contributed by atoms with van der Waals surface area (Å²) in [5.41, 5.74) is 4.11. The molecule has 1 N–H and O–H groups in total. The Bertz CT molecular complexity index is 975. The van der Waals surface area contributed by atoms with Crippen molar-refractivity contribution in [3.8, 4) is 0 Å². The smallest absolute Gasteiger partial charge is 0.254 e. The minimum atomic E-state index is -3.50. The van der Waals surface area contributed by atoms with Crippen LogP contribution in [0, 0.1) is 13.8 Å². The summed E-state index contributed by atoms with van der Waals surface area (Å²) in [4.78, 5) is 15.2. The molecule has 1 saturated heterocycles. The number of sulfonamides is 1. The first-order chi connectivity index (χ1) is 13.3. The number of rotatable bonds is 5. The summed E-state index contributed by atoms with van der Waals surface area (Å²) >= 11 is 0. The van der Waals surface area contributed by atoms with Crippen molar-refractivity contribution in [3.05, 3.63) is 64.7 Å². The zero-order chi connectivity index (χ0) is 19.9. The van der Waals surface area contributed by atoms with Crippen molar-refractivity contribution in [1.82, 2.24) is 9.62 Å². The summed E-state index contributed by atoms with van der Waals surface area (Å²) < 4.78 is 27.3. The Balaban J connectivity index is 1.54. The van der Waals surface area contributed by atoms with Gasteiger partial charge in [-0.15, -0.1) is 0 Å². The van der Waals surface area contributed by atoms with Gasteiger partial charge in [-0.3, -0.25) is 4.79 Å². The van der Waals surface area contributed by atoms with Crippen molar-refractivity contribution in [2.45, 2.75) is 56.5 Å². The van der Waals surface area contributed by atoms with Crippen molar-refractivity contribution in [2.24, 2.45) is 0 Å². The maximum Gasteiger partial charge on any atom is 0.254 e. The molecule has 2 aromatic carbocycles.